The fraction of sp³-hybridized carbons (Fsp3) is 0.500. The Labute approximate surface area is 113 Å². The summed E-state index contributed by atoms with van der Waals surface area (Å²) in [5.41, 5.74) is 2.59. The first-order valence-corrected chi connectivity index (χ1v) is 7.16. The van der Waals surface area contributed by atoms with Crippen LogP contribution in [-0.2, 0) is 12.0 Å². The highest BCUT2D eigenvalue weighted by molar-refractivity contribution is 7.09. The Kier molecular flexibility index (Phi) is 3.88. The van der Waals surface area contributed by atoms with E-state index in [0.29, 0.717) is 6.04 Å². The minimum atomic E-state index is 0.134. The summed E-state index contributed by atoms with van der Waals surface area (Å²) in [4.78, 5) is 7.79. The van der Waals surface area contributed by atoms with Gasteiger partial charge in [-0.15, -0.1) is 11.3 Å². The molecule has 0 aliphatic heterocycles. The largest absolute Gasteiger partial charge is 0.367 e. The zero-order valence-corrected chi connectivity index (χ0v) is 12.3. The standard InChI is InChI=1S/C14H21N3S/c1-10(16-8-11-5-6-15-7-11)13-17-12(9-18-13)14(2,3)4/h5-7,9-10,15-16H,8H2,1-4H3. The lowest BCUT2D eigenvalue weighted by atomic mass is 9.93. The van der Waals surface area contributed by atoms with Crippen molar-refractivity contribution in [2.24, 2.45) is 0 Å². The molecule has 2 aromatic heterocycles. The van der Waals surface area contributed by atoms with Crippen LogP contribution >= 0.6 is 11.3 Å². The van der Waals surface area contributed by atoms with Crippen molar-refractivity contribution in [1.82, 2.24) is 15.3 Å². The Morgan fingerprint density at radius 2 is 2.22 bits per heavy atom. The molecule has 0 fully saturated rings. The van der Waals surface area contributed by atoms with Crippen molar-refractivity contribution in [1.29, 1.82) is 0 Å². The molecule has 18 heavy (non-hydrogen) atoms. The van der Waals surface area contributed by atoms with E-state index in [4.69, 9.17) is 4.98 Å². The normalized spacial score (nSPS) is 13.8. The number of H-pyrrole nitrogens is 1. The van der Waals surface area contributed by atoms with Gasteiger partial charge in [-0.05, 0) is 18.6 Å². The number of aromatic nitrogens is 2. The zero-order valence-electron chi connectivity index (χ0n) is 11.4. The van der Waals surface area contributed by atoms with E-state index in [-0.39, 0.29) is 5.41 Å². The van der Waals surface area contributed by atoms with Crippen molar-refractivity contribution >= 4 is 11.3 Å². The molecule has 2 rings (SSSR count). The summed E-state index contributed by atoms with van der Waals surface area (Å²) >= 11 is 1.74. The Hall–Kier alpha value is -1.13. The van der Waals surface area contributed by atoms with E-state index in [0.717, 1.165) is 11.6 Å². The van der Waals surface area contributed by atoms with Crippen molar-refractivity contribution in [2.45, 2.75) is 45.7 Å². The van der Waals surface area contributed by atoms with Crippen LogP contribution in [0.1, 0.15) is 50.0 Å². The molecule has 1 unspecified atom stereocenters. The monoisotopic (exact) mass is 263 g/mol. The van der Waals surface area contributed by atoms with Gasteiger partial charge in [0.15, 0.2) is 0 Å². The minimum Gasteiger partial charge on any atom is -0.367 e. The second-order valence-corrected chi connectivity index (χ2v) is 6.53. The molecule has 2 aromatic rings. The summed E-state index contributed by atoms with van der Waals surface area (Å²) < 4.78 is 0. The van der Waals surface area contributed by atoms with Gasteiger partial charge >= 0.3 is 0 Å². The first-order chi connectivity index (χ1) is 8.47. The first kappa shape index (κ1) is 13.3. The van der Waals surface area contributed by atoms with Crippen molar-refractivity contribution in [3.8, 4) is 0 Å². The predicted octanol–water partition coefficient (Wildman–Crippen LogP) is 3.62. The van der Waals surface area contributed by atoms with E-state index in [1.165, 1.54) is 11.3 Å². The number of rotatable bonds is 4. The van der Waals surface area contributed by atoms with Gasteiger partial charge in [0.05, 0.1) is 11.7 Å². The molecule has 3 nitrogen and oxygen atoms in total. The Balaban J connectivity index is 1.96. The lowest BCUT2D eigenvalue weighted by molar-refractivity contribution is 0.547. The maximum Gasteiger partial charge on any atom is 0.110 e. The Morgan fingerprint density at radius 1 is 1.44 bits per heavy atom. The van der Waals surface area contributed by atoms with Gasteiger partial charge in [-0.2, -0.15) is 0 Å². The van der Waals surface area contributed by atoms with Crippen LogP contribution in [0.4, 0.5) is 0 Å². The molecule has 2 N–H and O–H groups in total. The molecule has 0 saturated heterocycles. The van der Waals surface area contributed by atoms with Crippen molar-refractivity contribution in [2.75, 3.05) is 0 Å². The molecule has 0 amide bonds. The lowest BCUT2D eigenvalue weighted by Gasteiger charge is -2.15. The van der Waals surface area contributed by atoms with Crippen LogP contribution in [0.15, 0.2) is 23.8 Å². The van der Waals surface area contributed by atoms with Gasteiger partial charge in [0.2, 0.25) is 0 Å². The van der Waals surface area contributed by atoms with Gasteiger partial charge in [-0.1, -0.05) is 20.8 Å². The Morgan fingerprint density at radius 3 is 2.78 bits per heavy atom. The van der Waals surface area contributed by atoms with E-state index < -0.39 is 0 Å². The van der Waals surface area contributed by atoms with Gasteiger partial charge in [-0.3, -0.25) is 0 Å². The molecule has 0 bridgehead atoms. The average molecular weight is 263 g/mol. The summed E-state index contributed by atoms with van der Waals surface area (Å²) in [5, 5.41) is 6.83. The minimum absolute atomic E-state index is 0.134. The SMILES string of the molecule is CC(NCc1cc[nH]c1)c1nc(C(C)(C)C)cs1. The predicted molar refractivity (Wildman–Crippen MR) is 76.9 cm³/mol. The van der Waals surface area contributed by atoms with Gasteiger partial charge in [0.1, 0.15) is 5.01 Å². The highest BCUT2D eigenvalue weighted by Crippen LogP contribution is 2.26. The molecule has 1 atom stereocenters. The third kappa shape index (κ3) is 3.21. The fourth-order valence-corrected chi connectivity index (χ4v) is 2.73. The van der Waals surface area contributed by atoms with Crippen molar-refractivity contribution < 1.29 is 0 Å². The van der Waals surface area contributed by atoms with Gasteiger partial charge in [0.25, 0.3) is 0 Å². The Bertz CT molecular complexity index is 479. The van der Waals surface area contributed by atoms with Crippen LogP contribution in [0.2, 0.25) is 0 Å². The van der Waals surface area contributed by atoms with Crippen LogP contribution in [0.5, 0.6) is 0 Å². The van der Waals surface area contributed by atoms with Gasteiger partial charge < -0.3 is 10.3 Å². The number of aromatic amines is 1. The maximum atomic E-state index is 4.73. The summed E-state index contributed by atoms with van der Waals surface area (Å²) in [6.07, 6.45) is 3.96. The van der Waals surface area contributed by atoms with E-state index in [1.807, 2.05) is 12.4 Å². The van der Waals surface area contributed by atoms with Crippen LogP contribution in [0.3, 0.4) is 0 Å². The number of thiazole rings is 1. The van der Waals surface area contributed by atoms with Crippen LogP contribution in [0, 0.1) is 0 Å². The number of nitrogens with zero attached hydrogens (tertiary/aromatic N) is 1. The third-order valence-corrected chi connectivity index (χ3v) is 3.96. The van der Waals surface area contributed by atoms with Crippen LogP contribution in [0.25, 0.3) is 0 Å². The second kappa shape index (κ2) is 5.24. The van der Waals surface area contributed by atoms with Crippen molar-refractivity contribution in [3.05, 3.63) is 40.1 Å². The topological polar surface area (TPSA) is 40.7 Å². The lowest BCUT2D eigenvalue weighted by Crippen LogP contribution is -2.18. The molecule has 2 heterocycles. The van der Waals surface area contributed by atoms with E-state index >= 15 is 0 Å². The number of nitrogens with one attached hydrogen (secondary N) is 2. The third-order valence-electron chi connectivity index (χ3n) is 2.94. The maximum absolute atomic E-state index is 4.73. The number of hydrogen-bond acceptors (Lipinski definition) is 3. The first-order valence-electron chi connectivity index (χ1n) is 6.28. The smallest absolute Gasteiger partial charge is 0.110 e. The fourth-order valence-electron chi connectivity index (χ4n) is 1.66. The van der Waals surface area contributed by atoms with E-state index in [2.05, 4.69) is 49.4 Å². The zero-order chi connectivity index (χ0) is 13.2. The summed E-state index contributed by atoms with van der Waals surface area (Å²) in [7, 11) is 0. The molecule has 0 aliphatic rings. The van der Waals surface area contributed by atoms with E-state index in [1.54, 1.807) is 11.3 Å². The molecule has 0 aliphatic carbocycles. The highest BCUT2D eigenvalue weighted by atomic mass is 32.1. The molecule has 4 heteroatoms. The second-order valence-electron chi connectivity index (χ2n) is 5.64. The molecule has 98 valence electrons. The van der Waals surface area contributed by atoms with E-state index in [9.17, 15) is 0 Å². The summed E-state index contributed by atoms with van der Waals surface area (Å²) in [5.74, 6) is 0. The number of hydrogen-bond donors (Lipinski definition) is 2. The van der Waals surface area contributed by atoms with Gasteiger partial charge in [-0.25, -0.2) is 4.98 Å². The average Bonchev–Trinajstić information content (AvgIpc) is 2.96. The molecular weight excluding hydrogens is 242 g/mol. The molecule has 0 spiro atoms. The summed E-state index contributed by atoms with van der Waals surface area (Å²) in [6, 6.07) is 2.38. The molecular formula is C14H21N3S. The molecule has 0 aromatic carbocycles. The van der Waals surface area contributed by atoms with Gasteiger partial charge in [0, 0.05) is 29.7 Å². The summed E-state index contributed by atoms with van der Waals surface area (Å²) in [6.45, 7) is 9.63. The molecule has 0 saturated carbocycles. The van der Waals surface area contributed by atoms with Crippen LogP contribution < -0.4 is 5.32 Å². The van der Waals surface area contributed by atoms with Crippen molar-refractivity contribution in [3.63, 3.8) is 0 Å². The molecule has 0 radical (unpaired) electrons. The van der Waals surface area contributed by atoms with Crippen LogP contribution in [-0.4, -0.2) is 9.97 Å². The quantitative estimate of drug-likeness (QED) is 0.884. The highest BCUT2D eigenvalue weighted by Gasteiger charge is 2.19.